The number of rotatable bonds is 2. The molecule has 6 heteroatoms. The Morgan fingerprint density at radius 3 is 3.05 bits per heavy atom. The summed E-state index contributed by atoms with van der Waals surface area (Å²) >= 11 is 3.15. The van der Waals surface area contributed by atoms with E-state index in [1.54, 1.807) is 12.1 Å². The fraction of sp³-hybridized carbons (Fsp3) is 0.562. The van der Waals surface area contributed by atoms with Gasteiger partial charge in [0.1, 0.15) is 11.4 Å². The van der Waals surface area contributed by atoms with E-state index in [1.165, 1.54) is 6.07 Å². The molecule has 2 aliphatic rings. The summed E-state index contributed by atoms with van der Waals surface area (Å²) in [5, 5.41) is 0. The van der Waals surface area contributed by atoms with E-state index in [2.05, 4.69) is 15.9 Å². The fourth-order valence-electron chi connectivity index (χ4n) is 3.16. The minimum Gasteiger partial charge on any atom is -0.378 e. The van der Waals surface area contributed by atoms with Gasteiger partial charge in [0.05, 0.1) is 30.1 Å². The lowest BCUT2D eigenvalue weighted by atomic mass is 9.98. The molecule has 22 heavy (non-hydrogen) atoms. The molecule has 2 atom stereocenters. The van der Waals surface area contributed by atoms with E-state index in [0.717, 1.165) is 12.0 Å². The largest absolute Gasteiger partial charge is 0.378 e. The van der Waals surface area contributed by atoms with Crippen LogP contribution in [0.3, 0.4) is 0 Å². The average Bonchev–Trinajstić information content (AvgIpc) is 2.89. The molecule has 1 aromatic rings. The molecule has 2 fully saturated rings. The van der Waals surface area contributed by atoms with Gasteiger partial charge in [0.15, 0.2) is 0 Å². The molecule has 0 radical (unpaired) electrons. The highest BCUT2D eigenvalue weighted by atomic mass is 79.9. The Labute approximate surface area is 137 Å². The van der Waals surface area contributed by atoms with Crippen molar-refractivity contribution in [2.75, 3.05) is 26.3 Å². The number of hydrogen-bond acceptors (Lipinski definition) is 3. The summed E-state index contributed by atoms with van der Waals surface area (Å²) < 4.78 is 25.1. The molecule has 3 rings (SSSR count). The summed E-state index contributed by atoms with van der Waals surface area (Å²) in [6, 6.07) is 4.68. The van der Waals surface area contributed by atoms with Crippen LogP contribution in [0.5, 0.6) is 0 Å². The van der Waals surface area contributed by atoms with Crippen LogP contribution in [0.1, 0.15) is 18.9 Å². The van der Waals surface area contributed by atoms with Crippen LogP contribution in [0.15, 0.2) is 22.7 Å². The predicted octanol–water partition coefficient (Wildman–Crippen LogP) is 2.54. The van der Waals surface area contributed by atoms with E-state index in [-0.39, 0.29) is 29.9 Å². The van der Waals surface area contributed by atoms with Crippen LogP contribution in [0.4, 0.5) is 4.39 Å². The lowest BCUT2D eigenvalue weighted by Gasteiger charge is -2.42. The van der Waals surface area contributed by atoms with Gasteiger partial charge in [-0.2, -0.15) is 0 Å². The molecule has 0 N–H and O–H groups in total. The first-order valence-electron chi connectivity index (χ1n) is 7.45. The normalized spacial score (nSPS) is 28.3. The fourth-order valence-corrected chi connectivity index (χ4v) is 3.58. The lowest BCUT2D eigenvalue weighted by molar-refractivity contribution is -0.165. The van der Waals surface area contributed by atoms with Crippen molar-refractivity contribution < 1.29 is 18.7 Å². The summed E-state index contributed by atoms with van der Waals surface area (Å²) in [6.45, 7) is 4.36. The lowest BCUT2D eigenvalue weighted by Crippen LogP contribution is -2.57. The Morgan fingerprint density at radius 1 is 1.55 bits per heavy atom. The van der Waals surface area contributed by atoms with Gasteiger partial charge >= 0.3 is 0 Å². The van der Waals surface area contributed by atoms with Crippen molar-refractivity contribution in [1.29, 1.82) is 0 Å². The number of ether oxygens (including phenoxy) is 2. The van der Waals surface area contributed by atoms with Crippen molar-refractivity contribution in [3.05, 3.63) is 34.1 Å². The number of morpholine rings is 1. The van der Waals surface area contributed by atoms with Gasteiger partial charge < -0.3 is 14.4 Å². The van der Waals surface area contributed by atoms with Crippen molar-refractivity contribution in [1.82, 2.24) is 4.90 Å². The minimum atomic E-state index is -0.350. The Hall–Kier alpha value is -0.980. The van der Waals surface area contributed by atoms with Crippen molar-refractivity contribution in [3.8, 4) is 0 Å². The molecule has 0 bridgehead atoms. The highest BCUT2D eigenvalue weighted by molar-refractivity contribution is 9.10. The van der Waals surface area contributed by atoms with Gasteiger partial charge in [0, 0.05) is 19.6 Å². The highest BCUT2D eigenvalue weighted by Gasteiger charge is 2.43. The summed E-state index contributed by atoms with van der Waals surface area (Å²) in [5.41, 5.74) is 0.450. The van der Waals surface area contributed by atoms with Crippen LogP contribution in [0, 0.1) is 5.82 Å². The molecular weight excluding hydrogens is 353 g/mol. The molecule has 0 saturated carbocycles. The minimum absolute atomic E-state index is 0.000598. The number of nitrogens with zero attached hydrogens (tertiary/aromatic N) is 1. The van der Waals surface area contributed by atoms with E-state index in [4.69, 9.17) is 9.47 Å². The van der Waals surface area contributed by atoms with E-state index in [9.17, 15) is 9.18 Å². The second-order valence-electron chi connectivity index (χ2n) is 6.11. The number of carbonyl (C=O) groups excluding carboxylic acids is 1. The molecule has 0 unspecified atom stereocenters. The highest BCUT2D eigenvalue weighted by Crippen LogP contribution is 2.30. The first kappa shape index (κ1) is 15.9. The van der Waals surface area contributed by atoms with Gasteiger partial charge in [0.25, 0.3) is 0 Å². The van der Waals surface area contributed by atoms with Crippen molar-refractivity contribution in [3.63, 3.8) is 0 Å². The zero-order chi connectivity index (χ0) is 15.7. The third kappa shape index (κ3) is 3.34. The maximum absolute atomic E-state index is 13.3. The smallest absolute Gasteiger partial charge is 0.227 e. The second-order valence-corrected chi connectivity index (χ2v) is 6.97. The van der Waals surface area contributed by atoms with Crippen LogP contribution >= 0.6 is 15.9 Å². The Bertz CT molecular complexity index is 575. The Morgan fingerprint density at radius 2 is 2.36 bits per heavy atom. The molecule has 1 amide bonds. The first-order valence-corrected chi connectivity index (χ1v) is 8.24. The predicted molar refractivity (Wildman–Crippen MR) is 83.1 cm³/mol. The van der Waals surface area contributed by atoms with Gasteiger partial charge in [-0.3, -0.25) is 4.79 Å². The molecule has 1 spiro atoms. The first-order chi connectivity index (χ1) is 10.5. The molecule has 2 saturated heterocycles. The molecule has 0 aliphatic carbocycles. The number of hydrogen-bond donors (Lipinski definition) is 0. The van der Waals surface area contributed by atoms with Gasteiger partial charge in [0.2, 0.25) is 5.91 Å². The monoisotopic (exact) mass is 371 g/mol. The average molecular weight is 372 g/mol. The van der Waals surface area contributed by atoms with Gasteiger partial charge in [-0.1, -0.05) is 6.07 Å². The molecule has 4 nitrogen and oxygen atoms in total. The van der Waals surface area contributed by atoms with Crippen molar-refractivity contribution in [2.24, 2.45) is 0 Å². The Balaban J connectivity index is 1.69. The summed E-state index contributed by atoms with van der Waals surface area (Å²) in [5.74, 6) is -0.279. The van der Waals surface area contributed by atoms with Crippen molar-refractivity contribution in [2.45, 2.75) is 31.5 Å². The zero-order valence-corrected chi connectivity index (χ0v) is 14.1. The SMILES string of the molecule is C[C@H]1CN(C(=O)Cc2ccc(F)c(Br)c2)C[C@]2(CCOC2)O1. The van der Waals surface area contributed by atoms with Gasteiger partial charge in [-0.05, 0) is 40.5 Å². The number of benzene rings is 1. The van der Waals surface area contributed by atoms with E-state index < -0.39 is 0 Å². The summed E-state index contributed by atoms with van der Waals surface area (Å²) in [6.07, 6.45) is 1.09. The summed E-state index contributed by atoms with van der Waals surface area (Å²) in [4.78, 5) is 14.4. The maximum atomic E-state index is 13.3. The molecule has 0 aromatic heterocycles. The molecule has 1 aromatic carbocycles. The van der Waals surface area contributed by atoms with Gasteiger partial charge in [-0.15, -0.1) is 0 Å². The topological polar surface area (TPSA) is 38.8 Å². The van der Waals surface area contributed by atoms with Crippen LogP contribution in [0.25, 0.3) is 0 Å². The van der Waals surface area contributed by atoms with E-state index in [0.29, 0.717) is 30.8 Å². The zero-order valence-electron chi connectivity index (χ0n) is 12.5. The molecule has 120 valence electrons. The van der Waals surface area contributed by atoms with Crippen LogP contribution in [-0.4, -0.2) is 48.8 Å². The van der Waals surface area contributed by atoms with Crippen LogP contribution < -0.4 is 0 Å². The molecule has 2 aliphatic heterocycles. The van der Waals surface area contributed by atoms with E-state index in [1.807, 2.05) is 11.8 Å². The summed E-state index contributed by atoms with van der Waals surface area (Å²) in [7, 11) is 0. The van der Waals surface area contributed by atoms with Crippen LogP contribution in [0.2, 0.25) is 0 Å². The van der Waals surface area contributed by atoms with Gasteiger partial charge in [-0.25, -0.2) is 4.39 Å². The number of carbonyl (C=O) groups is 1. The van der Waals surface area contributed by atoms with Crippen molar-refractivity contribution >= 4 is 21.8 Å². The quantitative estimate of drug-likeness (QED) is 0.801. The number of halogens is 2. The van der Waals surface area contributed by atoms with E-state index >= 15 is 0 Å². The van der Waals surface area contributed by atoms with Crippen LogP contribution in [-0.2, 0) is 20.7 Å². The third-order valence-electron chi connectivity index (χ3n) is 4.17. The molecular formula is C16H19BrFNO3. The third-order valence-corrected chi connectivity index (χ3v) is 4.77. The molecule has 2 heterocycles. The standard InChI is InChI=1S/C16H19BrFNO3/c1-11-8-19(9-16(22-11)4-5-21-10-16)15(20)7-12-2-3-14(18)13(17)6-12/h2-3,6,11H,4-5,7-10H2,1H3/t11-,16-/m0/s1. The maximum Gasteiger partial charge on any atom is 0.227 e. The second kappa shape index (κ2) is 6.26. The Kier molecular flexibility index (Phi) is 4.52. The number of amides is 1.